The second-order valence-electron chi connectivity index (χ2n) is 7.94. The lowest BCUT2D eigenvalue weighted by molar-refractivity contribution is -0.115. The Morgan fingerprint density at radius 2 is 1.54 bits per heavy atom. The van der Waals surface area contributed by atoms with Crippen molar-refractivity contribution in [2.75, 3.05) is 11.9 Å². The van der Waals surface area contributed by atoms with Gasteiger partial charge in [0.25, 0.3) is 5.91 Å². The van der Waals surface area contributed by atoms with Gasteiger partial charge < -0.3 is 10.2 Å². The van der Waals surface area contributed by atoms with Crippen LogP contribution in [0, 0.1) is 0 Å². The number of amides is 2. The fraction of sp³-hybridized carbons (Fsp3) is 0.0690. The van der Waals surface area contributed by atoms with Crippen molar-refractivity contribution >= 4 is 51.7 Å². The van der Waals surface area contributed by atoms with Crippen molar-refractivity contribution in [2.24, 2.45) is 0 Å². The number of hydrogen-bond donors (Lipinski definition) is 2. The van der Waals surface area contributed by atoms with Gasteiger partial charge in [0.2, 0.25) is 5.91 Å². The lowest BCUT2D eigenvalue weighted by atomic mass is 10.0. The van der Waals surface area contributed by atoms with Gasteiger partial charge in [0, 0.05) is 19.7 Å². The molecule has 0 aliphatic heterocycles. The molecule has 5 nitrogen and oxygen atoms in total. The smallest absolute Gasteiger partial charge is 0.253 e. The van der Waals surface area contributed by atoms with Crippen LogP contribution in [0.5, 0.6) is 0 Å². The molecule has 0 aromatic heterocycles. The number of hydrogen-bond acceptors (Lipinski definition) is 3. The van der Waals surface area contributed by atoms with Crippen LogP contribution in [-0.2, 0) is 11.3 Å². The first-order chi connectivity index (χ1) is 17.0. The van der Waals surface area contributed by atoms with Crippen LogP contribution in [0.25, 0.3) is 16.8 Å². The predicted molar refractivity (Wildman–Crippen MR) is 146 cm³/mol. The van der Waals surface area contributed by atoms with Crippen molar-refractivity contribution in [1.29, 1.82) is 0 Å². The highest BCUT2D eigenvalue weighted by atomic mass is 32.1. The van der Waals surface area contributed by atoms with Gasteiger partial charge in [-0.3, -0.25) is 14.9 Å². The highest BCUT2D eigenvalue weighted by Gasteiger charge is 2.17. The van der Waals surface area contributed by atoms with E-state index >= 15 is 0 Å². The molecule has 0 unspecified atom stereocenters. The van der Waals surface area contributed by atoms with Crippen LogP contribution in [0.4, 0.5) is 5.69 Å². The van der Waals surface area contributed by atoms with E-state index in [2.05, 4.69) is 10.6 Å². The van der Waals surface area contributed by atoms with Crippen molar-refractivity contribution in [2.45, 2.75) is 6.54 Å². The fourth-order valence-electron chi connectivity index (χ4n) is 3.73. The minimum Gasteiger partial charge on any atom is -0.348 e. The molecule has 0 fully saturated rings. The molecule has 2 N–H and O–H groups in total. The van der Waals surface area contributed by atoms with Crippen LogP contribution < -0.4 is 15.5 Å². The van der Waals surface area contributed by atoms with Gasteiger partial charge in [-0.15, -0.1) is 0 Å². The van der Waals surface area contributed by atoms with Gasteiger partial charge in [-0.25, -0.2) is 0 Å². The minimum atomic E-state index is -0.346. The van der Waals surface area contributed by atoms with Gasteiger partial charge in [-0.2, -0.15) is 0 Å². The molecular formula is C29H25N3O2S. The third kappa shape index (κ3) is 5.99. The molecule has 4 aromatic rings. The van der Waals surface area contributed by atoms with Gasteiger partial charge in [0.05, 0.1) is 11.3 Å². The Hall–Kier alpha value is -4.29. The van der Waals surface area contributed by atoms with Crippen molar-refractivity contribution in [1.82, 2.24) is 10.6 Å². The molecule has 6 heteroatoms. The maximum atomic E-state index is 12.9. The average molecular weight is 480 g/mol. The summed E-state index contributed by atoms with van der Waals surface area (Å²) in [7, 11) is 1.72. The standard InChI is InChI=1S/C29H25N3O2S/c1-32(26-17-8-7-16-25(26)28(34)30-20-21-10-3-2-4-11-21)29(35)31-27(33)19-18-23-14-9-13-22-12-5-6-15-24(22)23/h2-19H,20H2,1H3,(H,30,34)(H,31,33,35)/b19-18+. The van der Waals surface area contributed by atoms with Gasteiger partial charge in [-0.05, 0) is 52.3 Å². The summed E-state index contributed by atoms with van der Waals surface area (Å²) in [6.45, 7) is 0.415. The maximum Gasteiger partial charge on any atom is 0.253 e. The molecule has 0 saturated heterocycles. The molecule has 0 heterocycles. The Balaban J connectivity index is 1.42. The fourth-order valence-corrected chi connectivity index (χ4v) is 3.93. The van der Waals surface area contributed by atoms with E-state index in [-0.39, 0.29) is 16.9 Å². The largest absolute Gasteiger partial charge is 0.348 e. The number of thiocarbonyl (C=S) groups is 1. The first-order valence-corrected chi connectivity index (χ1v) is 11.6. The molecule has 0 bridgehead atoms. The Morgan fingerprint density at radius 1 is 0.857 bits per heavy atom. The summed E-state index contributed by atoms with van der Waals surface area (Å²) in [6, 6.07) is 30.8. The first kappa shape index (κ1) is 23.9. The molecule has 0 aliphatic rings. The van der Waals surface area contributed by atoms with E-state index in [4.69, 9.17) is 12.2 Å². The Kier molecular flexibility index (Phi) is 7.65. The highest BCUT2D eigenvalue weighted by Crippen LogP contribution is 2.21. The SMILES string of the molecule is CN(C(=S)NC(=O)/C=C/c1cccc2ccccc12)c1ccccc1C(=O)NCc1ccccc1. The van der Waals surface area contributed by atoms with Gasteiger partial charge in [0.15, 0.2) is 5.11 Å². The highest BCUT2D eigenvalue weighted by molar-refractivity contribution is 7.80. The Bertz CT molecular complexity index is 1390. The van der Waals surface area contributed by atoms with E-state index in [0.29, 0.717) is 17.8 Å². The van der Waals surface area contributed by atoms with Crippen LogP contribution in [0.1, 0.15) is 21.5 Å². The van der Waals surface area contributed by atoms with E-state index in [1.54, 1.807) is 36.2 Å². The summed E-state index contributed by atoms with van der Waals surface area (Å²) in [5, 5.41) is 8.02. The molecule has 0 aliphatic carbocycles. The molecule has 35 heavy (non-hydrogen) atoms. The normalized spacial score (nSPS) is 10.8. The number of para-hydroxylation sites is 1. The van der Waals surface area contributed by atoms with Gasteiger partial charge >= 0.3 is 0 Å². The number of fused-ring (bicyclic) bond motifs is 1. The topological polar surface area (TPSA) is 61.4 Å². The van der Waals surface area contributed by atoms with Crippen LogP contribution in [0.2, 0.25) is 0 Å². The average Bonchev–Trinajstić information content (AvgIpc) is 2.90. The van der Waals surface area contributed by atoms with Crippen LogP contribution in [-0.4, -0.2) is 24.0 Å². The van der Waals surface area contributed by atoms with Crippen molar-refractivity contribution in [3.8, 4) is 0 Å². The minimum absolute atomic E-state index is 0.195. The van der Waals surface area contributed by atoms with Crippen molar-refractivity contribution in [3.05, 3.63) is 120 Å². The number of nitrogens with zero attached hydrogens (tertiary/aromatic N) is 1. The second-order valence-corrected chi connectivity index (χ2v) is 8.33. The number of carbonyl (C=O) groups excluding carboxylic acids is 2. The van der Waals surface area contributed by atoms with E-state index in [9.17, 15) is 9.59 Å². The van der Waals surface area contributed by atoms with E-state index in [0.717, 1.165) is 21.9 Å². The zero-order chi connectivity index (χ0) is 24.6. The molecule has 174 valence electrons. The number of rotatable bonds is 6. The molecule has 0 atom stereocenters. The number of nitrogens with one attached hydrogen (secondary N) is 2. The van der Waals surface area contributed by atoms with Crippen LogP contribution in [0.3, 0.4) is 0 Å². The molecule has 0 radical (unpaired) electrons. The summed E-state index contributed by atoms with van der Waals surface area (Å²) < 4.78 is 0. The monoisotopic (exact) mass is 479 g/mol. The third-order valence-electron chi connectivity index (χ3n) is 5.58. The molecule has 4 aromatic carbocycles. The summed E-state index contributed by atoms with van der Waals surface area (Å²) in [5.41, 5.74) is 3.01. The quantitative estimate of drug-likeness (QED) is 0.290. The van der Waals surface area contributed by atoms with Crippen LogP contribution in [0.15, 0.2) is 103 Å². The summed E-state index contributed by atoms with van der Waals surface area (Å²) in [4.78, 5) is 27.1. The second kappa shape index (κ2) is 11.2. The third-order valence-corrected chi connectivity index (χ3v) is 5.95. The molecule has 0 saturated carbocycles. The summed E-state index contributed by atoms with van der Waals surface area (Å²) in [5.74, 6) is -0.568. The van der Waals surface area contributed by atoms with Gasteiger partial charge in [-0.1, -0.05) is 84.9 Å². The molecule has 4 rings (SSSR count). The molecular weight excluding hydrogens is 454 g/mol. The van der Waals surface area contributed by atoms with Crippen molar-refractivity contribution in [3.63, 3.8) is 0 Å². The Morgan fingerprint density at radius 3 is 2.37 bits per heavy atom. The zero-order valence-corrected chi connectivity index (χ0v) is 20.1. The Labute approximate surface area is 210 Å². The number of benzene rings is 4. The van der Waals surface area contributed by atoms with E-state index in [1.165, 1.54) is 6.08 Å². The van der Waals surface area contributed by atoms with Crippen molar-refractivity contribution < 1.29 is 9.59 Å². The number of anilines is 1. The summed E-state index contributed by atoms with van der Waals surface area (Å²) in [6.07, 6.45) is 3.23. The predicted octanol–water partition coefficient (Wildman–Crippen LogP) is 5.32. The molecule has 0 spiro atoms. The lowest BCUT2D eigenvalue weighted by Crippen LogP contribution is -2.40. The van der Waals surface area contributed by atoms with E-state index in [1.807, 2.05) is 78.9 Å². The molecule has 2 amide bonds. The number of carbonyl (C=O) groups is 2. The lowest BCUT2D eigenvalue weighted by Gasteiger charge is -2.22. The van der Waals surface area contributed by atoms with Gasteiger partial charge in [0.1, 0.15) is 0 Å². The van der Waals surface area contributed by atoms with Crippen LogP contribution >= 0.6 is 12.2 Å². The summed E-state index contributed by atoms with van der Waals surface area (Å²) >= 11 is 5.46. The maximum absolute atomic E-state index is 12.9. The first-order valence-electron chi connectivity index (χ1n) is 11.2. The zero-order valence-electron chi connectivity index (χ0n) is 19.3. The van der Waals surface area contributed by atoms with E-state index < -0.39 is 0 Å².